The molecule has 0 aromatic carbocycles. The normalized spacial score (nSPS) is 12.9. The van der Waals surface area contributed by atoms with E-state index in [0.717, 1.165) is 12.8 Å². The van der Waals surface area contributed by atoms with Gasteiger partial charge in [0.1, 0.15) is 6.04 Å². The molecule has 0 rings (SSSR count). The monoisotopic (exact) mass is 272 g/mol. The van der Waals surface area contributed by atoms with E-state index in [1.165, 1.54) is 0 Å². The molecule has 0 saturated heterocycles. The fourth-order valence-corrected chi connectivity index (χ4v) is 1.68. The summed E-state index contributed by atoms with van der Waals surface area (Å²) in [4.78, 5) is 23.3. The number of rotatable bonds is 8. The first-order valence-corrected chi connectivity index (χ1v) is 7.01. The molecule has 0 bridgehead atoms. The molecular formula is C14H28N2O3. The largest absolute Gasteiger partial charge is 0.465 e. The quantitative estimate of drug-likeness (QED) is 0.659. The highest BCUT2D eigenvalue weighted by molar-refractivity contribution is 5.77. The minimum Gasteiger partial charge on any atom is -0.465 e. The standard InChI is InChI=1S/C14H28N2O3/c1-6-8-11(13(18)19-7-2)15-10-9-12(17)16-14(3,4)5/h11,15H,6-10H2,1-5H3,(H,16,17). The van der Waals surface area contributed by atoms with Crippen molar-refractivity contribution in [3.05, 3.63) is 0 Å². The molecule has 0 heterocycles. The van der Waals surface area contributed by atoms with Crippen molar-refractivity contribution in [2.75, 3.05) is 13.2 Å². The molecule has 0 aromatic heterocycles. The Kier molecular flexibility index (Phi) is 8.39. The molecule has 0 aliphatic rings. The SMILES string of the molecule is CCCC(NCCC(=O)NC(C)(C)C)C(=O)OCC. The lowest BCUT2D eigenvalue weighted by Crippen LogP contribution is -2.43. The van der Waals surface area contributed by atoms with Gasteiger partial charge in [0, 0.05) is 18.5 Å². The Morgan fingerprint density at radius 3 is 2.32 bits per heavy atom. The Morgan fingerprint density at radius 2 is 1.84 bits per heavy atom. The summed E-state index contributed by atoms with van der Waals surface area (Å²) in [6.45, 7) is 10.5. The molecule has 0 spiro atoms. The van der Waals surface area contributed by atoms with Crippen molar-refractivity contribution in [1.82, 2.24) is 10.6 Å². The van der Waals surface area contributed by atoms with E-state index in [-0.39, 0.29) is 23.5 Å². The van der Waals surface area contributed by atoms with Crippen LogP contribution in [0.25, 0.3) is 0 Å². The topological polar surface area (TPSA) is 67.4 Å². The molecule has 0 aromatic rings. The molecule has 2 N–H and O–H groups in total. The molecule has 1 atom stereocenters. The molecule has 5 nitrogen and oxygen atoms in total. The predicted octanol–water partition coefficient (Wildman–Crippen LogP) is 1.61. The maximum Gasteiger partial charge on any atom is 0.323 e. The van der Waals surface area contributed by atoms with Crippen molar-refractivity contribution >= 4 is 11.9 Å². The third-order valence-corrected chi connectivity index (χ3v) is 2.41. The van der Waals surface area contributed by atoms with Gasteiger partial charge >= 0.3 is 5.97 Å². The number of carbonyl (C=O) groups is 2. The minimum atomic E-state index is -0.313. The predicted molar refractivity (Wildman–Crippen MR) is 75.8 cm³/mol. The van der Waals surface area contributed by atoms with Crippen LogP contribution in [0.3, 0.4) is 0 Å². The van der Waals surface area contributed by atoms with Crippen LogP contribution in [0.5, 0.6) is 0 Å². The van der Waals surface area contributed by atoms with E-state index in [0.29, 0.717) is 19.6 Å². The molecule has 0 aliphatic carbocycles. The molecule has 5 heteroatoms. The van der Waals surface area contributed by atoms with E-state index in [9.17, 15) is 9.59 Å². The molecule has 1 amide bonds. The second-order valence-electron chi connectivity index (χ2n) is 5.60. The van der Waals surface area contributed by atoms with Crippen molar-refractivity contribution in [2.45, 2.75) is 65.5 Å². The van der Waals surface area contributed by atoms with E-state index in [1.807, 2.05) is 27.7 Å². The van der Waals surface area contributed by atoms with Gasteiger partial charge in [-0.15, -0.1) is 0 Å². The van der Waals surface area contributed by atoms with Crippen LogP contribution in [0.15, 0.2) is 0 Å². The van der Waals surface area contributed by atoms with Gasteiger partial charge in [0.2, 0.25) is 5.91 Å². The third-order valence-electron chi connectivity index (χ3n) is 2.41. The summed E-state index contributed by atoms with van der Waals surface area (Å²) in [7, 11) is 0. The van der Waals surface area contributed by atoms with Crippen molar-refractivity contribution in [1.29, 1.82) is 0 Å². The summed E-state index contributed by atoms with van der Waals surface area (Å²) in [5.74, 6) is -0.250. The van der Waals surface area contributed by atoms with Gasteiger partial charge in [0.15, 0.2) is 0 Å². The van der Waals surface area contributed by atoms with E-state index >= 15 is 0 Å². The van der Waals surface area contributed by atoms with Gasteiger partial charge in [-0.2, -0.15) is 0 Å². The van der Waals surface area contributed by atoms with Gasteiger partial charge in [-0.05, 0) is 34.1 Å². The zero-order valence-corrected chi connectivity index (χ0v) is 12.8. The second kappa shape index (κ2) is 8.91. The minimum absolute atomic E-state index is 0.0147. The van der Waals surface area contributed by atoms with Gasteiger partial charge in [0.05, 0.1) is 6.61 Å². The lowest BCUT2D eigenvalue weighted by atomic mass is 10.1. The van der Waals surface area contributed by atoms with Gasteiger partial charge in [0.25, 0.3) is 0 Å². The molecule has 19 heavy (non-hydrogen) atoms. The van der Waals surface area contributed by atoms with Crippen molar-refractivity contribution < 1.29 is 14.3 Å². The molecule has 0 saturated carbocycles. The zero-order chi connectivity index (χ0) is 14.9. The van der Waals surface area contributed by atoms with Gasteiger partial charge < -0.3 is 15.4 Å². The molecule has 112 valence electrons. The van der Waals surface area contributed by atoms with E-state index in [2.05, 4.69) is 10.6 Å². The smallest absolute Gasteiger partial charge is 0.323 e. The summed E-state index contributed by atoms with van der Waals surface area (Å²) in [6.07, 6.45) is 1.97. The molecule has 0 aliphatic heterocycles. The van der Waals surface area contributed by atoms with Crippen molar-refractivity contribution in [2.24, 2.45) is 0 Å². The summed E-state index contributed by atoms with van der Waals surface area (Å²) >= 11 is 0. The lowest BCUT2D eigenvalue weighted by Gasteiger charge is -2.21. The third kappa shape index (κ3) is 9.47. The van der Waals surface area contributed by atoms with Crippen LogP contribution in [-0.2, 0) is 14.3 Å². The van der Waals surface area contributed by atoms with Crippen LogP contribution >= 0.6 is 0 Å². The Bertz CT molecular complexity index is 285. The first-order chi connectivity index (χ1) is 8.80. The highest BCUT2D eigenvalue weighted by Crippen LogP contribution is 2.01. The number of hydrogen-bond donors (Lipinski definition) is 2. The Labute approximate surface area is 116 Å². The summed E-state index contributed by atoms with van der Waals surface area (Å²) in [5.41, 5.74) is -0.221. The van der Waals surface area contributed by atoms with Crippen LogP contribution in [0, 0.1) is 0 Å². The van der Waals surface area contributed by atoms with Crippen LogP contribution in [0.1, 0.15) is 53.9 Å². The van der Waals surface area contributed by atoms with Crippen LogP contribution in [0.2, 0.25) is 0 Å². The highest BCUT2D eigenvalue weighted by Gasteiger charge is 2.19. The molecule has 0 fully saturated rings. The van der Waals surface area contributed by atoms with E-state index < -0.39 is 0 Å². The van der Waals surface area contributed by atoms with Gasteiger partial charge in [-0.25, -0.2) is 0 Å². The van der Waals surface area contributed by atoms with Crippen molar-refractivity contribution in [3.8, 4) is 0 Å². The average Bonchev–Trinajstić information content (AvgIpc) is 2.25. The molecule has 0 radical (unpaired) electrons. The average molecular weight is 272 g/mol. The Morgan fingerprint density at radius 1 is 1.21 bits per heavy atom. The number of hydrogen-bond acceptors (Lipinski definition) is 4. The van der Waals surface area contributed by atoms with Crippen LogP contribution < -0.4 is 10.6 Å². The van der Waals surface area contributed by atoms with Gasteiger partial charge in [-0.3, -0.25) is 9.59 Å². The Balaban J connectivity index is 4.05. The van der Waals surface area contributed by atoms with E-state index in [4.69, 9.17) is 4.74 Å². The highest BCUT2D eigenvalue weighted by atomic mass is 16.5. The molecule has 1 unspecified atom stereocenters. The maximum atomic E-state index is 11.7. The summed E-state index contributed by atoms with van der Waals surface area (Å²) in [6, 6.07) is -0.313. The first kappa shape index (κ1) is 17.9. The number of carbonyl (C=O) groups excluding carboxylic acids is 2. The first-order valence-electron chi connectivity index (χ1n) is 7.01. The van der Waals surface area contributed by atoms with Gasteiger partial charge in [-0.1, -0.05) is 13.3 Å². The zero-order valence-electron chi connectivity index (χ0n) is 12.8. The van der Waals surface area contributed by atoms with Crippen molar-refractivity contribution in [3.63, 3.8) is 0 Å². The molecular weight excluding hydrogens is 244 g/mol. The fourth-order valence-electron chi connectivity index (χ4n) is 1.68. The maximum absolute atomic E-state index is 11.7. The number of nitrogens with one attached hydrogen (secondary N) is 2. The van der Waals surface area contributed by atoms with Crippen LogP contribution in [-0.4, -0.2) is 36.6 Å². The number of amides is 1. The number of esters is 1. The summed E-state index contributed by atoms with van der Waals surface area (Å²) < 4.78 is 4.99. The lowest BCUT2D eigenvalue weighted by molar-refractivity contribution is -0.146. The Hall–Kier alpha value is -1.10. The summed E-state index contributed by atoms with van der Waals surface area (Å²) in [5, 5.41) is 5.97. The number of ether oxygens (including phenoxy) is 1. The second-order valence-corrected chi connectivity index (χ2v) is 5.60. The van der Waals surface area contributed by atoms with E-state index in [1.54, 1.807) is 6.92 Å². The van der Waals surface area contributed by atoms with Crippen LogP contribution in [0.4, 0.5) is 0 Å². The fraction of sp³-hybridized carbons (Fsp3) is 0.857.